The van der Waals surface area contributed by atoms with E-state index in [9.17, 15) is 4.39 Å². The highest BCUT2D eigenvalue weighted by Gasteiger charge is 2.36. The Bertz CT molecular complexity index is 966. The van der Waals surface area contributed by atoms with E-state index in [1.807, 2.05) is 19.1 Å². The van der Waals surface area contributed by atoms with E-state index in [4.69, 9.17) is 4.74 Å². The van der Waals surface area contributed by atoms with Crippen molar-refractivity contribution in [3.63, 3.8) is 0 Å². The minimum absolute atomic E-state index is 0.193. The number of rotatable bonds is 10. The molecule has 0 aliphatic heterocycles. The summed E-state index contributed by atoms with van der Waals surface area (Å²) in [5, 5.41) is 1.08. The highest BCUT2D eigenvalue weighted by molar-refractivity contribution is 5.85. The van der Waals surface area contributed by atoms with Crippen LogP contribution in [-0.4, -0.2) is 6.61 Å². The SMILES string of the molecule is C/C=C/COc1cc(F)c2cc(C3CCC4CC(CCCCCCC)CCC4C3)c(F)cc2c1. The van der Waals surface area contributed by atoms with Gasteiger partial charge in [-0.05, 0) is 91.8 Å². The highest BCUT2D eigenvalue weighted by atomic mass is 19.1. The lowest BCUT2D eigenvalue weighted by molar-refractivity contribution is 0.112. The van der Waals surface area contributed by atoms with Crippen LogP contribution in [0.15, 0.2) is 36.4 Å². The molecule has 2 aromatic carbocycles. The fourth-order valence-corrected chi connectivity index (χ4v) is 6.53. The van der Waals surface area contributed by atoms with Gasteiger partial charge in [0.15, 0.2) is 0 Å². The number of benzene rings is 2. The Morgan fingerprint density at radius 3 is 2.50 bits per heavy atom. The van der Waals surface area contributed by atoms with Crippen molar-refractivity contribution in [2.75, 3.05) is 6.61 Å². The smallest absolute Gasteiger partial charge is 0.134 e. The third-order valence-electron chi connectivity index (χ3n) is 8.45. The third-order valence-corrected chi connectivity index (χ3v) is 8.45. The Kier molecular flexibility index (Phi) is 9.03. The van der Waals surface area contributed by atoms with Gasteiger partial charge in [-0.2, -0.15) is 0 Å². The lowest BCUT2D eigenvalue weighted by Crippen LogP contribution is -2.30. The lowest BCUT2D eigenvalue weighted by Gasteiger charge is -2.42. The number of ether oxygens (including phenoxy) is 1. The van der Waals surface area contributed by atoms with Gasteiger partial charge in [-0.15, -0.1) is 0 Å². The zero-order valence-corrected chi connectivity index (χ0v) is 21.1. The molecule has 2 aromatic rings. The van der Waals surface area contributed by atoms with Crippen molar-refractivity contribution in [1.82, 2.24) is 0 Å². The van der Waals surface area contributed by atoms with Crippen molar-refractivity contribution < 1.29 is 13.5 Å². The normalized spacial score (nSPS) is 25.1. The van der Waals surface area contributed by atoms with Crippen molar-refractivity contribution in [3.8, 4) is 5.75 Å². The molecular formula is C31H42F2O. The molecule has 0 N–H and O–H groups in total. The Morgan fingerprint density at radius 1 is 0.882 bits per heavy atom. The van der Waals surface area contributed by atoms with E-state index in [0.717, 1.165) is 24.7 Å². The van der Waals surface area contributed by atoms with Gasteiger partial charge in [-0.25, -0.2) is 8.78 Å². The maximum Gasteiger partial charge on any atom is 0.134 e. The zero-order chi connectivity index (χ0) is 23.9. The molecule has 0 bridgehead atoms. The second-order valence-electron chi connectivity index (χ2n) is 10.8. The monoisotopic (exact) mass is 468 g/mol. The molecule has 0 radical (unpaired) electrons. The van der Waals surface area contributed by atoms with Gasteiger partial charge in [0.25, 0.3) is 0 Å². The molecule has 4 atom stereocenters. The van der Waals surface area contributed by atoms with Crippen LogP contribution in [0.1, 0.15) is 102 Å². The van der Waals surface area contributed by atoms with Crippen LogP contribution in [0.4, 0.5) is 8.78 Å². The summed E-state index contributed by atoms with van der Waals surface area (Å²) >= 11 is 0. The van der Waals surface area contributed by atoms with E-state index >= 15 is 4.39 Å². The van der Waals surface area contributed by atoms with Gasteiger partial charge in [0.1, 0.15) is 24.0 Å². The maximum absolute atomic E-state index is 15.2. The minimum Gasteiger partial charge on any atom is -0.489 e. The summed E-state index contributed by atoms with van der Waals surface area (Å²) < 4.78 is 35.7. The van der Waals surface area contributed by atoms with Crippen LogP contribution in [0.5, 0.6) is 5.75 Å². The standard InChI is InChI=1S/C31H42F2O/c1-3-5-7-8-9-10-22-11-12-24-17-25(14-13-23(24)16-22)28-21-29-26(19-30(28)32)18-27(20-31(29)33)34-15-6-4-2/h4,6,18-25H,3,5,7-17H2,1-2H3/b6-4+. The molecule has 3 heteroatoms. The van der Waals surface area contributed by atoms with E-state index in [2.05, 4.69) is 6.92 Å². The molecule has 34 heavy (non-hydrogen) atoms. The van der Waals surface area contributed by atoms with Gasteiger partial charge >= 0.3 is 0 Å². The molecule has 2 saturated carbocycles. The quantitative estimate of drug-likeness (QED) is 0.249. The Morgan fingerprint density at radius 2 is 1.68 bits per heavy atom. The van der Waals surface area contributed by atoms with Gasteiger partial charge in [0, 0.05) is 11.5 Å². The van der Waals surface area contributed by atoms with Gasteiger partial charge < -0.3 is 4.74 Å². The first-order chi connectivity index (χ1) is 16.6. The Labute approximate surface area is 205 Å². The summed E-state index contributed by atoms with van der Waals surface area (Å²) in [6, 6.07) is 6.46. The number of allylic oxidation sites excluding steroid dienone is 1. The van der Waals surface area contributed by atoms with Crippen LogP contribution in [0.3, 0.4) is 0 Å². The molecule has 0 amide bonds. The first-order valence-corrected chi connectivity index (χ1v) is 13.8. The number of unbranched alkanes of at least 4 members (excludes halogenated alkanes) is 4. The summed E-state index contributed by atoms with van der Waals surface area (Å²) in [4.78, 5) is 0. The summed E-state index contributed by atoms with van der Waals surface area (Å²) in [6.07, 6.45) is 19.3. The highest BCUT2D eigenvalue weighted by Crippen LogP contribution is 2.49. The Balaban J connectivity index is 1.38. The van der Waals surface area contributed by atoms with Gasteiger partial charge in [-0.3, -0.25) is 0 Å². The number of halogens is 2. The topological polar surface area (TPSA) is 9.23 Å². The van der Waals surface area contributed by atoms with Crippen LogP contribution < -0.4 is 4.74 Å². The van der Waals surface area contributed by atoms with Crippen LogP contribution >= 0.6 is 0 Å². The van der Waals surface area contributed by atoms with E-state index in [0.29, 0.717) is 34.6 Å². The fraction of sp³-hybridized carbons (Fsp3) is 0.613. The minimum atomic E-state index is -0.331. The number of hydrogen-bond donors (Lipinski definition) is 0. The molecular weight excluding hydrogens is 426 g/mol. The second-order valence-corrected chi connectivity index (χ2v) is 10.8. The number of hydrogen-bond acceptors (Lipinski definition) is 1. The summed E-state index contributed by atoms with van der Waals surface area (Å²) in [5.41, 5.74) is 0.713. The maximum atomic E-state index is 15.2. The largest absolute Gasteiger partial charge is 0.489 e. The second kappa shape index (κ2) is 12.2. The fourth-order valence-electron chi connectivity index (χ4n) is 6.53. The molecule has 4 unspecified atom stereocenters. The van der Waals surface area contributed by atoms with Crippen LogP contribution in [0.25, 0.3) is 10.8 Å². The summed E-state index contributed by atoms with van der Waals surface area (Å²) in [7, 11) is 0. The van der Waals surface area contributed by atoms with Gasteiger partial charge in [0.05, 0.1) is 0 Å². The van der Waals surface area contributed by atoms with Crippen molar-refractivity contribution in [2.24, 2.45) is 17.8 Å². The van der Waals surface area contributed by atoms with E-state index in [1.54, 1.807) is 12.1 Å². The zero-order valence-electron chi connectivity index (χ0n) is 21.1. The molecule has 2 fully saturated rings. The third kappa shape index (κ3) is 6.20. The van der Waals surface area contributed by atoms with Crippen LogP contribution in [-0.2, 0) is 0 Å². The van der Waals surface area contributed by atoms with Crippen LogP contribution in [0.2, 0.25) is 0 Å². The Hall–Kier alpha value is -1.90. The van der Waals surface area contributed by atoms with Crippen molar-refractivity contribution in [1.29, 1.82) is 0 Å². The van der Waals surface area contributed by atoms with Crippen LogP contribution in [0, 0.1) is 29.4 Å². The van der Waals surface area contributed by atoms with E-state index in [-0.39, 0.29) is 17.6 Å². The molecule has 1 nitrogen and oxygen atoms in total. The predicted molar refractivity (Wildman–Crippen MR) is 138 cm³/mol. The first kappa shape index (κ1) is 25.2. The summed E-state index contributed by atoms with van der Waals surface area (Å²) in [5.74, 6) is 2.54. The molecule has 0 aromatic heterocycles. The van der Waals surface area contributed by atoms with Gasteiger partial charge in [-0.1, -0.05) is 64.0 Å². The van der Waals surface area contributed by atoms with Crippen molar-refractivity contribution >= 4 is 10.8 Å². The molecule has 4 rings (SSSR count). The predicted octanol–water partition coefficient (Wildman–Crippen LogP) is 9.73. The van der Waals surface area contributed by atoms with Gasteiger partial charge in [0.2, 0.25) is 0 Å². The molecule has 186 valence electrons. The molecule has 0 spiro atoms. The van der Waals surface area contributed by atoms with E-state index < -0.39 is 0 Å². The average Bonchev–Trinajstić information content (AvgIpc) is 2.83. The average molecular weight is 469 g/mol. The lowest BCUT2D eigenvalue weighted by atomic mass is 9.63. The van der Waals surface area contributed by atoms with E-state index in [1.165, 1.54) is 76.3 Å². The number of fused-ring (bicyclic) bond motifs is 2. The molecule has 2 aliphatic rings. The summed E-state index contributed by atoms with van der Waals surface area (Å²) in [6.45, 7) is 4.57. The first-order valence-electron chi connectivity index (χ1n) is 13.8. The van der Waals surface area contributed by atoms with Crippen molar-refractivity contribution in [3.05, 3.63) is 53.6 Å². The molecule has 2 aliphatic carbocycles. The molecule has 0 saturated heterocycles. The van der Waals surface area contributed by atoms with Crippen molar-refractivity contribution in [2.45, 2.75) is 96.8 Å². The molecule has 0 heterocycles.